The standard InChI is InChI=1S/C17H36N2OS/c1-17(2,3)13-18-8-6-15(10-18)12-21(5)14-19-9-7-16(11-19)20-4/h15-16,21H,6-14H2,1-5H3. The highest BCUT2D eigenvalue weighted by molar-refractivity contribution is 8.16. The molecule has 3 unspecified atom stereocenters. The Balaban J connectivity index is 1.66. The lowest BCUT2D eigenvalue weighted by atomic mass is 9.96. The van der Waals surface area contributed by atoms with Gasteiger partial charge in [-0.2, -0.15) is 0 Å². The van der Waals surface area contributed by atoms with Crippen LogP contribution in [-0.2, 0) is 4.74 Å². The van der Waals surface area contributed by atoms with Gasteiger partial charge in [0.05, 0.1) is 6.10 Å². The van der Waals surface area contributed by atoms with Crippen LogP contribution in [0.25, 0.3) is 0 Å². The summed E-state index contributed by atoms with van der Waals surface area (Å²) in [5.74, 6) is 3.74. The first-order valence-electron chi connectivity index (χ1n) is 8.52. The van der Waals surface area contributed by atoms with Crippen molar-refractivity contribution in [3.63, 3.8) is 0 Å². The van der Waals surface area contributed by atoms with Gasteiger partial charge in [0.1, 0.15) is 0 Å². The Morgan fingerprint density at radius 3 is 2.43 bits per heavy atom. The van der Waals surface area contributed by atoms with Crippen molar-refractivity contribution in [2.75, 3.05) is 57.7 Å². The van der Waals surface area contributed by atoms with Gasteiger partial charge in [0.15, 0.2) is 0 Å². The second-order valence-electron chi connectivity index (χ2n) is 8.35. The molecule has 0 aromatic rings. The van der Waals surface area contributed by atoms with Crippen LogP contribution in [0.15, 0.2) is 0 Å². The zero-order chi connectivity index (χ0) is 15.5. The van der Waals surface area contributed by atoms with E-state index in [1.807, 2.05) is 7.11 Å². The van der Waals surface area contributed by atoms with Gasteiger partial charge < -0.3 is 9.64 Å². The third-order valence-electron chi connectivity index (χ3n) is 4.64. The number of ether oxygens (including phenoxy) is 1. The van der Waals surface area contributed by atoms with Crippen LogP contribution in [0.4, 0.5) is 0 Å². The number of methoxy groups -OCH3 is 1. The predicted octanol–water partition coefficient (Wildman–Crippen LogP) is 2.66. The molecule has 2 aliphatic rings. The fourth-order valence-corrected chi connectivity index (χ4v) is 6.07. The molecule has 4 heteroatoms. The molecule has 0 N–H and O–H groups in total. The second kappa shape index (κ2) is 7.67. The summed E-state index contributed by atoms with van der Waals surface area (Å²) in [4.78, 5) is 5.31. The third kappa shape index (κ3) is 6.09. The van der Waals surface area contributed by atoms with Crippen LogP contribution < -0.4 is 0 Å². The van der Waals surface area contributed by atoms with Crippen LogP contribution in [0.5, 0.6) is 0 Å². The molecule has 0 aromatic heterocycles. The van der Waals surface area contributed by atoms with Crippen molar-refractivity contribution in [2.45, 2.75) is 39.7 Å². The monoisotopic (exact) mass is 316 g/mol. The van der Waals surface area contributed by atoms with Crippen molar-refractivity contribution in [1.82, 2.24) is 9.80 Å². The maximum atomic E-state index is 5.48. The Morgan fingerprint density at radius 1 is 1.10 bits per heavy atom. The molecule has 0 spiro atoms. The molecule has 0 radical (unpaired) electrons. The highest BCUT2D eigenvalue weighted by Crippen LogP contribution is 2.31. The molecule has 0 aliphatic carbocycles. The van der Waals surface area contributed by atoms with E-state index in [9.17, 15) is 0 Å². The van der Waals surface area contributed by atoms with Gasteiger partial charge >= 0.3 is 0 Å². The van der Waals surface area contributed by atoms with Crippen LogP contribution >= 0.6 is 10.9 Å². The lowest BCUT2D eigenvalue weighted by molar-refractivity contribution is 0.110. The summed E-state index contributed by atoms with van der Waals surface area (Å²) in [6, 6.07) is 0. The molecule has 3 nitrogen and oxygen atoms in total. The smallest absolute Gasteiger partial charge is 0.0710 e. The van der Waals surface area contributed by atoms with Crippen LogP contribution in [-0.4, -0.2) is 73.6 Å². The summed E-state index contributed by atoms with van der Waals surface area (Å²) in [7, 11) is 2.02. The molecule has 21 heavy (non-hydrogen) atoms. The third-order valence-corrected chi connectivity index (χ3v) is 6.66. The first kappa shape index (κ1) is 17.6. The summed E-state index contributed by atoms with van der Waals surface area (Å²) >= 11 is 0. The van der Waals surface area contributed by atoms with Gasteiger partial charge in [-0.1, -0.05) is 20.8 Å². The number of hydrogen-bond acceptors (Lipinski definition) is 3. The summed E-state index contributed by atoms with van der Waals surface area (Å²) < 4.78 is 5.48. The van der Waals surface area contributed by atoms with Crippen molar-refractivity contribution in [2.24, 2.45) is 11.3 Å². The highest BCUT2D eigenvalue weighted by atomic mass is 32.2. The zero-order valence-electron chi connectivity index (χ0n) is 14.8. The summed E-state index contributed by atoms with van der Waals surface area (Å²) in [6.45, 7) is 13.4. The van der Waals surface area contributed by atoms with E-state index in [-0.39, 0.29) is 10.9 Å². The van der Waals surface area contributed by atoms with E-state index in [1.54, 1.807) is 0 Å². The lowest BCUT2D eigenvalue weighted by Gasteiger charge is -2.28. The van der Waals surface area contributed by atoms with Gasteiger partial charge in [0.2, 0.25) is 0 Å². The molecule has 2 rings (SSSR count). The molecular formula is C17H36N2OS. The van der Waals surface area contributed by atoms with E-state index in [0.717, 1.165) is 12.5 Å². The Kier molecular flexibility index (Phi) is 6.42. The molecule has 2 saturated heterocycles. The van der Waals surface area contributed by atoms with Crippen molar-refractivity contribution < 1.29 is 4.74 Å². The lowest BCUT2D eigenvalue weighted by Crippen LogP contribution is -2.31. The average molecular weight is 317 g/mol. The molecule has 2 fully saturated rings. The number of nitrogens with zero attached hydrogens (tertiary/aromatic N) is 2. The Hall–Kier alpha value is 0.230. The van der Waals surface area contributed by atoms with E-state index >= 15 is 0 Å². The van der Waals surface area contributed by atoms with E-state index in [0.29, 0.717) is 11.5 Å². The molecule has 0 aromatic carbocycles. The fourth-order valence-electron chi connectivity index (χ4n) is 3.83. The number of likely N-dealkylation sites (tertiary alicyclic amines) is 2. The van der Waals surface area contributed by atoms with Crippen molar-refractivity contribution in [3.05, 3.63) is 0 Å². The molecule has 2 heterocycles. The minimum Gasteiger partial charge on any atom is -0.380 e. The SMILES string of the molecule is COC1CCN(C[SH](C)CC2CCN(CC(C)(C)C)C2)C1. The predicted molar refractivity (Wildman–Crippen MR) is 95.6 cm³/mol. The largest absolute Gasteiger partial charge is 0.380 e. The second-order valence-corrected chi connectivity index (χ2v) is 10.7. The normalized spacial score (nSPS) is 31.0. The van der Waals surface area contributed by atoms with Crippen molar-refractivity contribution >= 4 is 10.9 Å². The number of rotatable bonds is 6. The first-order valence-corrected chi connectivity index (χ1v) is 10.7. The Labute approximate surface area is 134 Å². The van der Waals surface area contributed by atoms with Crippen LogP contribution in [0.2, 0.25) is 0 Å². The zero-order valence-corrected chi connectivity index (χ0v) is 15.7. The Bertz CT molecular complexity index is 318. The van der Waals surface area contributed by atoms with Gasteiger partial charge in [-0.3, -0.25) is 4.90 Å². The highest BCUT2D eigenvalue weighted by Gasteiger charge is 2.27. The van der Waals surface area contributed by atoms with E-state index in [1.165, 1.54) is 50.7 Å². The van der Waals surface area contributed by atoms with Gasteiger partial charge in [-0.05, 0) is 42.7 Å². The van der Waals surface area contributed by atoms with Gasteiger partial charge in [-0.25, -0.2) is 10.9 Å². The quantitative estimate of drug-likeness (QED) is 0.759. The Morgan fingerprint density at radius 2 is 1.81 bits per heavy atom. The first-order chi connectivity index (χ1) is 9.85. The molecule has 3 atom stereocenters. The maximum Gasteiger partial charge on any atom is 0.0710 e. The van der Waals surface area contributed by atoms with Gasteiger partial charge in [-0.15, -0.1) is 0 Å². The molecule has 0 saturated carbocycles. The average Bonchev–Trinajstić information content (AvgIpc) is 2.96. The van der Waals surface area contributed by atoms with Crippen LogP contribution in [0, 0.1) is 11.3 Å². The fraction of sp³-hybridized carbons (Fsp3) is 1.00. The van der Waals surface area contributed by atoms with Gasteiger partial charge in [0.25, 0.3) is 0 Å². The van der Waals surface area contributed by atoms with E-state index in [2.05, 4.69) is 36.8 Å². The molecule has 0 bridgehead atoms. The number of thiol groups is 1. The van der Waals surface area contributed by atoms with Crippen molar-refractivity contribution in [1.29, 1.82) is 0 Å². The van der Waals surface area contributed by atoms with Crippen LogP contribution in [0.1, 0.15) is 33.6 Å². The molecule has 2 aliphatic heterocycles. The topological polar surface area (TPSA) is 15.7 Å². The summed E-state index contributed by atoms with van der Waals surface area (Å²) in [5.41, 5.74) is 0.441. The summed E-state index contributed by atoms with van der Waals surface area (Å²) in [6.07, 6.45) is 5.63. The molecular weight excluding hydrogens is 280 g/mol. The van der Waals surface area contributed by atoms with E-state index < -0.39 is 0 Å². The number of hydrogen-bond donors (Lipinski definition) is 1. The van der Waals surface area contributed by atoms with E-state index in [4.69, 9.17) is 4.74 Å². The summed E-state index contributed by atoms with van der Waals surface area (Å²) in [5, 5.41) is 0. The maximum absolute atomic E-state index is 5.48. The molecule has 126 valence electrons. The minimum absolute atomic E-state index is 0.165. The van der Waals surface area contributed by atoms with Gasteiger partial charge in [0, 0.05) is 39.2 Å². The molecule has 0 amide bonds. The van der Waals surface area contributed by atoms with Crippen molar-refractivity contribution in [3.8, 4) is 0 Å². The minimum atomic E-state index is 0.165. The van der Waals surface area contributed by atoms with Crippen LogP contribution in [0.3, 0.4) is 0 Å².